The van der Waals surface area contributed by atoms with E-state index in [9.17, 15) is 4.79 Å². The number of hydrogen-bond donors (Lipinski definition) is 0. The second-order valence-corrected chi connectivity index (χ2v) is 5.73. The first kappa shape index (κ1) is 17.5. The Morgan fingerprint density at radius 3 is 2.08 bits per heavy atom. The molecule has 4 heteroatoms. The van der Waals surface area contributed by atoms with Crippen LogP contribution in [0.1, 0.15) is 21.5 Å². The molecule has 132 valence electrons. The zero-order chi connectivity index (χ0) is 18.2. The summed E-state index contributed by atoms with van der Waals surface area (Å²) in [5.74, 6) is 1.05. The highest BCUT2D eigenvalue weighted by molar-refractivity contribution is 5.89. The third-order valence-corrected chi connectivity index (χ3v) is 3.83. The molecule has 0 saturated heterocycles. The Morgan fingerprint density at radius 2 is 1.38 bits per heavy atom. The molecular weight excluding hydrogens is 328 g/mol. The van der Waals surface area contributed by atoms with Crippen LogP contribution in [-0.2, 0) is 18.0 Å². The van der Waals surface area contributed by atoms with Crippen molar-refractivity contribution in [2.75, 3.05) is 7.11 Å². The summed E-state index contributed by atoms with van der Waals surface area (Å²) in [7, 11) is 1.36. The fourth-order valence-corrected chi connectivity index (χ4v) is 2.42. The van der Waals surface area contributed by atoms with Gasteiger partial charge in [-0.2, -0.15) is 0 Å². The molecule has 0 bridgehead atoms. The maximum Gasteiger partial charge on any atom is 0.337 e. The average molecular weight is 348 g/mol. The monoisotopic (exact) mass is 348 g/mol. The molecular formula is C22H20O4. The highest BCUT2D eigenvalue weighted by atomic mass is 16.5. The van der Waals surface area contributed by atoms with Gasteiger partial charge in [-0.25, -0.2) is 4.79 Å². The highest BCUT2D eigenvalue weighted by Crippen LogP contribution is 2.18. The number of benzene rings is 3. The molecule has 26 heavy (non-hydrogen) atoms. The van der Waals surface area contributed by atoms with Crippen molar-refractivity contribution in [2.45, 2.75) is 13.2 Å². The lowest BCUT2D eigenvalue weighted by atomic mass is 10.2. The number of hydrogen-bond acceptors (Lipinski definition) is 4. The van der Waals surface area contributed by atoms with E-state index in [0.29, 0.717) is 24.5 Å². The summed E-state index contributed by atoms with van der Waals surface area (Å²) < 4.78 is 16.2. The van der Waals surface area contributed by atoms with Crippen LogP contribution in [0.3, 0.4) is 0 Å². The first-order valence-corrected chi connectivity index (χ1v) is 8.31. The molecule has 0 unspecified atom stereocenters. The standard InChI is InChI=1S/C22H20O4/c1-24-22(23)19-8-5-9-21(14-19)26-16-18-10-12-20(13-11-18)25-15-17-6-3-2-4-7-17/h2-14H,15-16H2,1H3. The van der Waals surface area contributed by atoms with Crippen molar-refractivity contribution in [2.24, 2.45) is 0 Å². The Balaban J connectivity index is 1.54. The van der Waals surface area contributed by atoms with Crippen molar-refractivity contribution >= 4 is 5.97 Å². The molecule has 3 aromatic carbocycles. The molecule has 0 atom stereocenters. The van der Waals surface area contributed by atoms with Crippen molar-refractivity contribution in [1.29, 1.82) is 0 Å². The Labute approximate surface area is 153 Å². The quantitative estimate of drug-likeness (QED) is 0.584. The van der Waals surface area contributed by atoms with Crippen molar-refractivity contribution in [1.82, 2.24) is 0 Å². The van der Waals surface area contributed by atoms with Crippen LogP contribution in [0.4, 0.5) is 0 Å². The predicted octanol–water partition coefficient (Wildman–Crippen LogP) is 4.63. The Kier molecular flexibility index (Phi) is 5.88. The lowest BCUT2D eigenvalue weighted by Gasteiger charge is -2.09. The van der Waals surface area contributed by atoms with Gasteiger partial charge >= 0.3 is 5.97 Å². The molecule has 0 fully saturated rings. The smallest absolute Gasteiger partial charge is 0.337 e. The first-order valence-electron chi connectivity index (χ1n) is 8.31. The molecule has 0 aliphatic rings. The minimum Gasteiger partial charge on any atom is -0.489 e. The summed E-state index contributed by atoms with van der Waals surface area (Å²) in [6.07, 6.45) is 0. The number of rotatable bonds is 7. The van der Waals surface area contributed by atoms with E-state index >= 15 is 0 Å². The minimum absolute atomic E-state index is 0.379. The highest BCUT2D eigenvalue weighted by Gasteiger charge is 2.06. The van der Waals surface area contributed by atoms with Crippen LogP contribution in [0, 0.1) is 0 Å². The van der Waals surface area contributed by atoms with Gasteiger partial charge in [0, 0.05) is 0 Å². The van der Waals surface area contributed by atoms with Crippen molar-refractivity contribution < 1.29 is 19.0 Å². The van der Waals surface area contributed by atoms with Crippen LogP contribution in [-0.4, -0.2) is 13.1 Å². The van der Waals surface area contributed by atoms with Crippen LogP contribution in [0.15, 0.2) is 78.9 Å². The summed E-state index contributed by atoms with van der Waals surface area (Å²) >= 11 is 0. The minimum atomic E-state index is -0.379. The Hall–Kier alpha value is -3.27. The zero-order valence-electron chi connectivity index (χ0n) is 14.6. The van der Waals surface area contributed by atoms with E-state index in [1.807, 2.05) is 60.7 Å². The SMILES string of the molecule is COC(=O)c1cccc(OCc2ccc(OCc3ccccc3)cc2)c1. The largest absolute Gasteiger partial charge is 0.489 e. The van der Waals surface area contributed by atoms with Crippen LogP contribution in [0.25, 0.3) is 0 Å². The van der Waals surface area contributed by atoms with Gasteiger partial charge in [-0.05, 0) is 41.5 Å². The maximum absolute atomic E-state index is 11.5. The van der Waals surface area contributed by atoms with Gasteiger partial charge in [-0.3, -0.25) is 0 Å². The molecule has 0 aliphatic carbocycles. The van der Waals surface area contributed by atoms with Crippen molar-refractivity contribution in [3.63, 3.8) is 0 Å². The number of methoxy groups -OCH3 is 1. The molecule has 4 nitrogen and oxygen atoms in total. The molecule has 3 aromatic rings. The van der Waals surface area contributed by atoms with Crippen LogP contribution < -0.4 is 9.47 Å². The lowest BCUT2D eigenvalue weighted by Crippen LogP contribution is -2.02. The van der Waals surface area contributed by atoms with E-state index in [1.54, 1.807) is 18.2 Å². The second kappa shape index (κ2) is 8.72. The van der Waals surface area contributed by atoms with Crippen LogP contribution >= 0.6 is 0 Å². The summed E-state index contributed by atoms with van der Waals surface area (Å²) in [5.41, 5.74) is 2.61. The molecule has 0 N–H and O–H groups in total. The Bertz CT molecular complexity index is 842. The molecule has 0 amide bonds. The fraction of sp³-hybridized carbons (Fsp3) is 0.136. The van der Waals surface area contributed by atoms with Gasteiger partial charge in [-0.1, -0.05) is 48.5 Å². The van der Waals surface area contributed by atoms with E-state index in [-0.39, 0.29) is 5.97 Å². The average Bonchev–Trinajstić information content (AvgIpc) is 2.72. The lowest BCUT2D eigenvalue weighted by molar-refractivity contribution is 0.0600. The van der Waals surface area contributed by atoms with Crippen molar-refractivity contribution in [3.05, 3.63) is 95.6 Å². The van der Waals surface area contributed by atoms with Gasteiger partial charge in [0.05, 0.1) is 12.7 Å². The summed E-state index contributed by atoms with van der Waals surface area (Å²) in [6, 6.07) is 24.7. The van der Waals surface area contributed by atoms with Gasteiger partial charge < -0.3 is 14.2 Å². The zero-order valence-corrected chi connectivity index (χ0v) is 14.6. The number of carbonyl (C=O) groups excluding carboxylic acids is 1. The van der Waals surface area contributed by atoms with Gasteiger partial charge in [0.25, 0.3) is 0 Å². The van der Waals surface area contributed by atoms with Gasteiger partial charge in [-0.15, -0.1) is 0 Å². The number of carbonyl (C=O) groups is 1. The third kappa shape index (κ3) is 4.86. The first-order chi connectivity index (χ1) is 12.7. The molecule has 0 spiro atoms. The van der Waals surface area contributed by atoms with E-state index < -0.39 is 0 Å². The van der Waals surface area contributed by atoms with E-state index in [4.69, 9.17) is 14.2 Å². The molecule has 0 aromatic heterocycles. The number of esters is 1. The molecule has 0 heterocycles. The topological polar surface area (TPSA) is 44.8 Å². The fourth-order valence-electron chi connectivity index (χ4n) is 2.42. The summed E-state index contributed by atoms with van der Waals surface area (Å²) in [5, 5.41) is 0. The van der Waals surface area contributed by atoms with Crippen LogP contribution in [0.2, 0.25) is 0 Å². The molecule has 3 rings (SSSR count). The van der Waals surface area contributed by atoms with Gasteiger partial charge in [0.15, 0.2) is 0 Å². The predicted molar refractivity (Wildman–Crippen MR) is 99.3 cm³/mol. The molecule has 0 saturated carbocycles. The normalized spacial score (nSPS) is 10.2. The van der Waals surface area contributed by atoms with Gasteiger partial charge in [0.2, 0.25) is 0 Å². The van der Waals surface area contributed by atoms with E-state index in [0.717, 1.165) is 16.9 Å². The number of ether oxygens (including phenoxy) is 3. The third-order valence-electron chi connectivity index (χ3n) is 3.83. The van der Waals surface area contributed by atoms with E-state index in [2.05, 4.69) is 0 Å². The molecule has 0 radical (unpaired) electrons. The van der Waals surface area contributed by atoms with Crippen molar-refractivity contribution in [3.8, 4) is 11.5 Å². The van der Waals surface area contributed by atoms with E-state index in [1.165, 1.54) is 7.11 Å². The maximum atomic E-state index is 11.5. The Morgan fingerprint density at radius 1 is 0.731 bits per heavy atom. The second-order valence-electron chi connectivity index (χ2n) is 5.73. The van der Waals surface area contributed by atoms with Gasteiger partial charge in [0.1, 0.15) is 24.7 Å². The molecule has 0 aliphatic heterocycles. The van der Waals surface area contributed by atoms with Crippen LogP contribution in [0.5, 0.6) is 11.5 Å². The summed E-state index contributed by atoms with van der Waals surface area (Å²) in [4.78, 5) is 11.5. The summed E-state index contributed by atoms with van der Waals surface area (Å²) in [6.45, 7) is 0.945.